The van der Waals surface area contributed by atoms with Gasteiger partial charge < -0.3 is 5.73 Å². The summed E-state index contributed by atoms with van der Waals surface area (Å²) in [6, 6.07) is 6.60. The summed E-state index contributed by atoms with van der Waals surface area (Å²) in [6.45, 7) is 0.702. The molecule has 17 heavy (non-hydrogen) atoms. The van der Waals surface area contributed by atoms with E-state index >= 15 is 0 Å². The number of rotatable bonds is 3. The van der Waals surface area contributed by atoms with Crippen LogP contribution >= 0.6 is 0 Å². The van der Waals surface area contributed by atoms with E-state index in [9.17, 15) is 0 Å². The van der Waals surface area contributed by atoms with Crippen molar-refractivity contribution in [2.45, 2.75) is 31.6 Å². The first-order chi connectivity index (χ1) is 8.29. The third-order valence-corrected chi connectivity index (χ3v) is 3.87. The second-order valence-electron chi connectivity index (χ2n) is 5.03. The van der Waals surface area contributed by atoms with Crippen molar-refractivity contribution in [3.63, 3.8) is 0 Å². The van der Waals surface area contributed by atoms with Gasteiger partial charge >= 0.3 is 0 Å². The quantitative estimate of drug-likeness (QED) is 0.878. The molecule has 1 heterocycles. The van der Waals surface area contributed by atoms with E-state index in [1.54, 1.807) is 0 Å². The second-order valence-corrected chi connectivity index (χ2v) is 5.03. The molecular weight excluding hydrogens is 210 g/mol. The number of hydrogen-bond donors (Lipinski definition) is 1. The highest BCUT2D eigenvalue weighted by Gasteiger charge is 2.25. The van der Waals surface area contributed by atoms with Gasteiger partial charge in [-0.15, -0.1) is 0 Å². The Morgan fingerprint density at radius 1 is 1.41 bits per heavy atom. The number of fused-ring (bicyclic) bond motifs is 1. The van der Waals surface area contributed by atoms with Crippen LogP contribution in [0.15, 0.2) is 18.2 Å². The molecule has 2 N–H and O–H groups in total. The summed E-state index contributed by atoms with van der Waals surface area (Å²) in [5.41, 5.74) is 9.43. The third kappa shape index (κ3) is 1.75. The minimum atomic E-state index is 0.702. The summed E-state index contributed by atoms with van der Waals surface area (Å²) in [6.07, 6.45) is 4.94. The minimum Gasteiger partial charge on any atom is -0.330 e. The Labute approximate surface area is 102 Å². The molecule has 3 rings (SSSR count). The van der Waals surface area contributed by atoms with Gasteiger partial charge in [0.25, 0.3) is 0 Å². The molecule has 1 aromatic heterocycles. The van der Waals surface area contributed by atoms with Crippen molar-refractivity contribution < 1.29 is 0 Å². The fraction of sp³-hybridized carbons (Fsp3) is 0.500. The maximum Gasteiger partial charge on any atom is 0.0928 e. The summed E-state index contributed by atoms with van der Waals surface area (Å²) in [4.78, 5) is 0. The van der Waals surface area contributed by atoms with Gasteiger partial charge in [-0.1, -0.05) is 18.6 Å². The minimum absolute atomic E-state index is 0.702. The topological polar surface area (TPSA) is 43.8 Å². The number of nitrogens with two attached hydrogens (primary N) is 1. The van der Waals surface area contributed by atoms with Gasteiger partial charge in [-0.25, -0.2) is 0 Å². The van der Waals surface area contributed by atoms with Crippen LogP contribution in [0.3, 0.4) is 0 Å². The molecule has 1 aliphatic rings. The Bertz CT molecular complexity index is 538. The molecule has 3 nitrogen and oxygen atoms in total. The molecule has 0 aliphatic heterocycles. The monoisotopic (exact) mass is 229 g/mol. The van der Waals surface area contributed by atoms with Crippen LogP contribution in [0.5, 0.6) is 0 Å². The Morgan fingerprint density at radius 2 is 2.24 bits per heavy atom. The average molecular weight is 229 g/mol. The maximum absolute atomic E-state index is 5.59. The van der Waals surface area contributed by atoms with E-state index in [0.29, 0.717) is 6.54 Å². The van der Waals surface area contributed by atoms with Gasteiger partial charge in [0.1, 0.15) is 0 Å². The first-order valence-corrected chi connectivity index (χ1v) is 6.45. The smallest absolute Gasteiger partial charge is 0.0928 e. The van der Waals surface area contributed by atoms with E-state index in [4.69, 9.17) is 5.73 Å². The SMILES string of the molecule is Cn1nc2cc(CCN)ccc2c1C1CCC1. The zero-order valence-electron chi connectivity index (χ0n) is 10.3. The average Bonchev–Trinajstić information content (AvgIpc) is 2.54. The van der Waals surface area contributed by atoms with Crippen molar-refractivity contribution in [2.24, 2.45) is 12.8 Å². The Kier molecular flexibility index (Phi) is 2.63. The van der Waals surface area contributed by atoms with Crippen molar-refractivity contribution in [1.29, 1.82) is 0 Å². The van der Waals surface area contributed by atoms with Crippen LogP contribution < -0.4 is 5.73 Å². The molecule has 0 spiro atoms. The number of benzene rings is 1. The van der Waals surface area contributed by atoms with Crippen molar-refractivity contribution in [1.82, 2.24) is 9.78 Å². The van der Waals surface area contributed by atoms with Gasteiger partial charge in [0, 0.05) is 24.0 Å². The highest BCUT2D eigenvalue weighted by atomic mass is 15.3. The Morgan fingerprint density at radius 3 is 2.88 bits per heavy atom. The highest BCUT2D eigenvalue weighted by Crippen LogP contribution is 2.39. The molecule has 1 saturated carbocycles. The lowest BCUT2D eigenvalue weighted by Gasteiger charge is -2.25. The zero-order chi connectivity index (χ0) is 11.8. The Balaban J connectivity index is 2.07. The molecule has 0 radical (unpaired) electrons. The van der Waals surface area contributed by atoms with Crippen LogP contribution in [-0.2, 0) is 13.5 Å². The van der Waals surface area contributed by atoms with Gasteiger partial charge in [-0.05, 0) is 37.4 Å². The number of aromatic nitrogens is 2. The van der Waals surface area contributed by atoms with Gasteiger partial charge in [0.15, 0.2) is 0 Å². The van der Waals surface area contributed by atoms with Crippen LogP contribution in [0.1, 0.15) is 36.4 Å². The molecule has 0 unspecified atom stereocenters. The van der Waals surface area contributed by atoms with Gasteiger partial charge in [-0.3, -0.25) is 4.68 Å². The van der Waals surface area contributed by atoms with Crippen molar-refractivity contribution in [3.8, 4) is 0 Å². The standard InChI is InChI=1S/C14H19N3/c1-17-14(11-3-2-4-11)12-6-5-10(7-8-15)9-13(12)16-17/h5-6,9,11H,2-4,7-8,15H2,1H3. The lowest BCUT2D eigenvalue weighted by molar-refractivity contribution is 0.399. The summed E-state index contributed by atoms with van der Waals surface area (Å²) in [5, 5.41) is 5.97. The lowest BCUT2D eigenvalue weighted by atomic mass is 9.81. The largest absolute Gasteiger partial charge is 0.330 e. The molecule has 0 saturated heterocycles. The van der Waals surface area contributed by atoms with Crippen LogP contribution in [0.2, 0.25) is 0 Å². The summed E-state index contributed by atoms with van der Waals surface area (Å²) in [7, 11) is 2.07. The van der Waals surface area contributed by atoms with Crippen molar-refractivity contribution >= 4 is 10.9 Å². The fourth-order valence-corrected chi connectivity index (χ4v) is 2.75. The Hall–Kier alpha value is -1.35. The summed E-state index contributed by atoms with van der Waals surface area (Å²) in [5.74, 6) is 0.727. The van der Waals surface area contributed by atoms with Crippen molar-refractivity contribution in [2.75, 3.05) is 6.54 Å². The van der Waals surface area contributed by atoms with E-state index in [0.717, 1.165) is 17.9 Å². The number of nitrogens with zero attached hydrogens (tertiary/aromatic N) is 2. The molecule has 90 valence electrons. The predicted octanol–water partition coefficient (Wildman–Crippen LogP) is 2.34. The molecule has 0 amide bonds. The second kappa shape index (κ2) is 4.15. The molecule has 0 bridgehead atoms. The van der Waals surface area contributed by atoms with E-state index in [-0.39, 0.29) is 0 Å². The van der Waals surface area contributed by atoms with E-state index < -0.39 is 0 Å². The molecule has 0 atom stereocenters. The van der Waals surface area contributed by atoms with Gasteiger partial charge in [0.2, 0.25) is 0 Å². The van der Waals surface area contributed by atoms with Crippen LogP contribution in [-0.4, -0.2) is 16.3 Å². The molecule has 3 heteroatoms. The highest BCUT2D eigenvalue weighted by molar-refractivity contribution is 5.83. The van der Waals surface area contributed by atoms with Crippen LogP contribution in [0.4, 0.5) is 0 Å². The maximum atomic E-state index is 5.59. The van der Waals surface area contributed by atoms with Crippen LogP contribution in [0.25, 0.3) is 10.9 Å². The van der Waals surface area contributed by atoms with Crippen molar-refractivity contribution in [3.05, 3.63) is 29.5 Å². The summed E-state index contributed by atoms with van der Waals surface area (Å²) >= 11 is 0. The zero-order valence-corrected chi connectivity index (χ0v) is 10.3. The van der Waals surface area contributed by atoms with E-state index in [1.165, 1.54) is 35.9 Å². The molecule has 2 aromatic rings. The molecular formula is C14H19N3. The van der Waals surface area contributed by atoms with Gasteiger partial charge in [-0.2, -0.15) is 5.10 Å². The van der Waals surface area contributed by atoms with E-state index in [2.05, 4.69) is 35.0 Å². The fourth-order valence-electron chi connectivity index (χ4n) is 2.75. The molecule has 1 aromatic carbocycles. The third-order valence-electron chi connectivity index (χ3n) is 3.87. The predicted molar refractivity (Wildman–Crippen MR) is 70.1 cm³/mol. The van der Waals surface area contributed by atoms with Crippen LogP contribution in [0, 0.1) is 0 Å². The van der Waals surface area contributed by atoms with Gasteiger partial charge in [0.05, 0.1) is 5.52 Å². The lowest BCUT2D eigenvalue weighted by Crippen LogP contribution is -2.13. The first kappa shape index (κ1) is 10.8. The molecule has 1 aliphatic carbocycles. The first-order valence-electron chi connectivity index (χ1n) is 6.45. The van der Waals surface area contributed by atoms with E-state index in [1.807, 2.05) is 0 Å². The number of aryl methyl sites for hydroxylation is 1. The summed E-state index contributed by atoms with van der Waals surface area (Å²) < 4.78 is 2.07. The normalized spacial score (nSPS) is 16.4. The molecule has 1 fully saturated rings. The number of hydrogen-bond acceptors (Lipinski definition) is 2.